The number of nitrogens with two attached hydrogens (primary N) is 1. The fourth-order valence-electron chi connectivity index (χ4n) is 1.23. The Morgan fingerprint density at radius 3 is 2.69 bits per heavy atom. The van der Waals surface area contributed by atoms with E-state index in [4.69, 9.17) is 19.6 Å². The first kappa shape index (κ1) is 10.5. The van der Waals surface area contributed by atoms with Crippen molar-refractivity contribution in [2.45, 2.75) is 6.54 Å². The molecule has 2 N–H and O–H groups in total. The van der Waals surface area contributed by atoms with Crippen molar-refractivity contribution in [2.24, 2.45) is 5.73 Å². The van der Waals surface area contributed by atoms with Crippen molar-refractivity contribution >= 4 is 0 Å². The zero-order valence-corrected chi connectivity index (χ0v) is 8.84. The van der Waals surface area contributed by atoms with E-state index in [9.17, 15) is 0 Å². The number of oxazole rings is 1. The van der Waals surface area contributed by atoms with Gasteiger partial charge in [0.05, 0.1) is 12.8 Å². The van der Waals surface area contributed by atoms with E-state index in [2.05, 4.69) is 4.98 Å². The van der Waals surface area contributed by atoms with Gasteiger partial charge in [0, 0.05) is 6.54 Å². The maximum atomic E-state index is 5.42. The van der Waals surface area contributed by atoms with E-state index < -0.39 is 0 Å². The Kier molecular flexibility index (Phi) is 3.07. The Balaban J connectivity index is 2.19. The number of benzene rings is 1. The molecule has 2 aromatic rings. The molecular weight excluding hydrogens is 208 g/mol. The lowest BCUT2D eigenvalue weighted by molar-refractivity contribution is 0.310. The number of nitrogens with zero attached hydrogens (tertiary/aromatic N) is 1. The second-order valence-corrected chi connectivity index (χ2v) is 3.06. The Morgan fingerprint density at radius 1 is 1.31 bits per heavy atom. The second kappa shape index (κ2) is 4.67. The SMILES string of the molecule is COc1ccccc1Oc1nc(CN)co1. The van der Waals surface area contributed by atoms with Gasteiger partial charge in [-0.25, -0.2) is 0 Å². The van der Waals surface area contributed by atoms with E-state index in [0.29, 0.717) is 23.7 Å². The predicted octanol–water partition coefficient (Wildman–Crippen LogP) is 1.93. The Labute approximate surface area is 92.8 Å². The smallest absolute Gasteiger partial charge is 0.399 e. The zero-order chi connectivity index (χ0) is 11.4. The van der Waals surface area contributed by atoms with Gasteiger partial charge in [0.25, 0.3) is 0 Å². The molecular formula is C11H12N2O3. The standard InChI is InChI=1S/C11H12N2O3/c1-14-9-4-2-3-5-10(9)16-11-13-8(6-12)7-15-11/h2-5,7H,6,12H2,1H3. The van der Waals surface area contributed by atoms with Crippen molar-refractivity contribution in [3.8, 4) is 17.6 Å². The molecule has 0 unspecified atom stereocenters. The molecule has 1 heterocycles. The Bertz CT molecular complexity index is 468. The summed E-state index contributed by atoms with van der Waals surface area (Å²) in [6.45, 7) is 0.318. The molecule has 1 aromatic heterocycles. The summed E-state index contributed by atoms with van der Waals surface area (Å²) in [7, 11) is 1.57. The molecule has 0 aliphatic carbocycles. The van der Waals surface area contributed by atoms with Crippen LogP contribution in [0.4, 0.5) is 0 Å². The second-order valence-electron chi connectivity index (χ2n) is 3.06. The number of rotatable bonds is 4. The van der Waals surface area contributed by atoms with Crippen LogP contribution in [-0.2, 0) is 6.54 Å². The third-order valence-corrected chi connectivity index (χ3v) is 2.01. The minimum Gasteiger partial charge on any atom is -0.493 e. The first-order valence-electron chi connectivity index (χ1n) is 4.79. The van der Waals surface area contributed by atoms with Crippen molar-refractivity contribution < 1.29 is 13.9 Å². The normalized spacial score (nSPS) is 10.1. The van der Waals surface area contributed by atoms with Gasteiger partial charge in [-0.05, 0) is 12.1 Å². The highest BCUT2D eigenvalue weighted by Gasteiger charge is 2.08. The van der Waals surface area contributed by atoms with Gasteiger partial charge in [-0.3, -0.25) is 0 Å². The van der Waals surface area contributed by atoms with Crippen molar-refractivity contribution in [2.75, 3.05) is 7.11 Å². The average Bonchev–Trinajstić information content (AvgIpc) is 2.77. The number of aromatic nitrogens is 1. The van der Waals surface area contributed by atoms with Crippen molar-refractivity contribution in [3.63, 3.8) is 0 Å². The molecule has 0 aliphatic heterocycles. The van der Waals surface area contributed by atoms with E-state index in [0.717, 1.165) is 0 Å². The molecule has 0 atom stereocenters. The van der Waals surface area contributed by atoms with Gasteiger partial charge in [0.1, 0.15) is 6.26 Å². The first-order chi connectivity index (χ1) is 7.83. The summed E-state index contributed by atoms with van der Waals surface area (Å²) in [4.78, 5) is 4.03. The molecule has 0 saturated heterocycles. The fourth-order valence-corrected chi connectivity index (χ4v) is 1.23. The van der Waals surface area contributed by atoms with Crippen LogP contribution in [0.1, 0.15) is 5.69 Å². The van der Waals surface area contributed by atoms with Crippen LogP contribution in [0.3, 0.4) is 0 Å². The highest BCUT2D eigenvalue weighted by Crippen LogP contribution is 2.30. The van der Waals surface area contributed by atoms with E-state index >= 15 is 0 Å². The summed E-state index contributed by atoms with van der Waals surface area (Å²) in [6, 6.07) is 7.25. The van der Waals surface area contributed by atoms with E-state index in [-0.39, 0.29) is 6.08 Å². The van der Waals surface area contributed by atoms with Crippen molar-refractivity contribution in [3.05, 3.63) is 36.2 Å². The predicted molar refractivity (Wildman–Crippen MR) is 57.5 cm³/mol. The number of hydrogen-bond acceptors (Lipinski definition) is 5. The van der Waals surface area contributed by atoms with Crippen molar-refractivity contribution in [1.82, 2.24) is 4.98 Å². The molecule has 5 heteroatoms. The summed E-state index contributed by atoms with van der Waals surface area (Å²) in [5.41, 5.74) is 6.05. The number of hydrogen-bond donors (Lipinski definition) is 1. The van der Waals surface area contributed by atoms with Crippen LogP contribution in [0.15, 0.2) is 34.9 Å². The van der Waals surface area contributed by atoms with Gasteiger partial charge in [-0.1, -0.05) is 12.1 Å². The molecule has 0 aliphatic rings. The largest absolute Gasteiger partial charge is 0.493 e. The Morgan fingerprint density at radius 2 is 2.06 bits per heavy atom. The van der Waals surface area contributed by atoms with Crippen LogP contribution in [0, 0.1) is 0 Å². The van der Waals surface area contributed by atoms with Crippen LogP contribution < -0.4 is 15.2 Å². The van der Waals surface area contributed by atoms with Gasteiger partial charge in [-0.15, -0.1) is 0 Å². The lowest BCUT2D eigenvalue weighted by atomic mass is 10.3. The van der Waals surface area contributed by atoms with Crippen LogP contribution in [0.25, 0.3) is 0 Å². The molecule has 0 amide bonds. The summed E-state index contributed by atoms with van der Waals surface area (Å²) in [6.07, 6.45) is 1.62. The van der Waals surface area contributed by atoms with Crippen LogP contribution in [-0.4, -0.2) is 12.1 Å². The quantitative estimate of drug-likeness (QED) is 0.852. The molecule has 0 fully saturated rings. The molecule has 2 rings (SSSR count). The third kappa shape index (κ3) is 2.14. The number of methoxy groups -OCH3 is 1. The maximum Gasteiger partial charge on any atom is 0.399 e. The lowest BCUT2D eigenvalue weighted by Crippen LogP contribution is -1.96. The van der Waals surface area contributed by atoms with Crippen molar-refractivity contribution in [1.29, 1.82) is 0 Å². The van der Waals surface area contributed by atoms with Gasteiger partial charge >= 0.3 is 6.08 Å². The van der Waals surface area contributed by atoms with Gasteiger partial charge in [0.2, 0.25) is 0 Å². The highest BCUT2D eigenvalue weighted by molar-refractivity contribution is 5.40. The molecule has 0 bridgehead atoms. The molecule has 84 valence electrons. The fraction of sp³-hybridized carbons (Fsp3) is 0.182. The van der Waals surface area contributed by atoms with Crippen LogP contribution in [0.5, 0.6) is 17.6 Å². The molecule has 0 saturated carbocycles. The third-order valence-electron chi connectivity index (χ3n) is 2.01. The molecule has 0 radical (unpaired) electrons. The van der Waals surface area contributed by atoms with Crippen LogP contribution in [0.2, 0.25) is 0 Å². The van der Waals surface area contributed by atoms with Gasteiger partial charge in [-0.2, -0.15) is 4.98 Å². The average molecular weight is 220 g/mol. The number of ether oxygens (including phenoxy) is 2. The zero-order valence-electron chi connectivity index (χ0n) is 8.84. The first-order valence-corrected chi connectivity index (χ1v) is 4.79. The van der Waals surface area contributed by atoms with E-state index in [1.165, 1.54) is 6.26 Å². The number of para-hydroxylation sites is 2. The minimum absolute atomic E-state index is 0.157. The van der Waals surface area contributed by atoms with Gasteiger partial charge < -0.3 is 19.6 Å². The molecule has 0 spiro atoms. The summed E-state index contributed by atoms with van der Waals surface area (Å²) in [5, 5.41) is 0. The Hall–Kier alpha value is -2.01. The highest BCUT2D eigenvalue weighted by atomic mass is 16.6. The monoisotopic (exact) mass is 220 g/mol. The van der Waals surface area contributed by atoms with E-state index in [1.807, 2.05) is 12.1 Å². The molecule has 5 nitrogen and oxygen atoms in total. The van der Waals surface area contributed by atoms with E-state index in [1.54, 1.807) is 19.2 Å². The van der Waals surface area contributed by atoms with Crippen LogP contribution >= 0.6 is 0 Å². The lowest BCUT2D eigenvalue weighted by Gasteiger charge is -2.05. The molecule has 16 heavy (non-hydrogen) atoms. The minimum atomic E-state index is 0.157. The van der Waals surface area contributed by atoms with Gasteiger partial charge in [0.15, 0.2) is 11.5 Å². The summed E-state index contributed by atoms with van der Waals surface area (Å²) in [5.74, 6) is 1.17. The maximum absolute atomic E-state index is 5.42. The summed E-state index contributed by atoms with van der Waals surface area (Å²) < 4.78 is 15.6. The topological polar surface area (TPSA) is 70.5 Å². The summed E-state index contributed by atoms with van der Waals surface area (Å²) >= 11 is 0. The molecule has 1 aromatic carbocycles.